The maximum atomic E-state index is 12.1. The maximum absolute atomic E-state index is 12.1. The van der Waals surface area contributed by atoms with Crippen LogP contribution in [0.4, 0.5) is 0 Å². The number of hydrogen-bond donors (Lipinski definition) is 2. The highest BCUT2D eigenvalue weighted by atomic mass is 32.2. The highest BCUT2D eigenvalue weighted by molar-refractivity contribution is 7.91. The van der Waals surface area contributed by atoms with E-state index in [1.165, 1.54) is 11.3 Å². The van der Waals surface area contributed by atoms with Crippen molar-refractivity contribution >= 4 is 21.4 Å². The van der Waals surface area contributed by atoms with Gasteiger partial charge in [0.2, 0.25) is 10.0 Å². The molecule has 1 rings (SSSR count). The highest BCUT2D eigenvalue weighted by Gasteiger charge is 2.15. The zero-order valence-electron chi connectivity index (χ0n) is 13.0. The summed E-state index contributed by atoms with van der Waals surface area (Å²) in [5.74, 6) is 0.600. The van der Waals surface area contributed by atoms with Crippen molar-refractivity contribution in [3.8, 4) is 0 Å². The first-order valence-electron chi connectivity index (χ1n) is 7.31. The van der Waals surface area contributed by atoms with Gasteiger partial charge in [0.15, 0.2) is 0 Å². The van der Waals surface area contributed by atoms with Crippen molar-refractivity contribution in [2.24, 2.45) is 5.92 Å². The first-order valence-corrected chi connectivity index (χ1v) is 9.67. The average Bonchev–Trinajstić information content (AvgIpc) is 2.89. The summed E-state index contributed by atoms with van der Waals surface area (Å²) in [6.45, 7) is 9.23. The molecule has 1 aromatic rings. The van der Waals surface area contributed by atoms with Crippen LogP contribution in [0.3, 0.4) is 0 Å². The molecule has 2 N–H and O–H groups in total. The Morgan fingerprint density at radius 3 is 2.76 bits per heavy atom. The van der Waals surface area contributed by atoms with E-state index in [0.29, 0.717) is 36.4 Å². The molecule has 0 aromatic carbocycles. The number of nitrogens with one attached hydrogen (secondary N) is 2. The molecule has 0 unspecified atom stereocenters. The summed E-state index contributed by atoms with van der Waals surface area (Å²) in [7, 11) is -3.41. The van der Waals surface area contributed by atoms with E-state index in [-0.39, 0.29) is 0 Å². The number of sulfonamides is 1. The van der Waals surface area contributed by atoms with Gasteiger partial charge in [-0.25, -0.2) is 13.1 Å². The molecule has 122 valence electrons. The number of ether oxygens (including phenoxy) is 1. The summed E-state index contributed by atoms with van der Waals surface area (Å²) in [4.78, 5) is 0. The molecule has 21 heavy (non-hydrogen) atoms. The Labute approximate surface area is 132 Å². The quantitative estimate of drug-likeness (QED) is 0.609. The Hall–Kier alpha value is -0.470. The lowest BCUT2D eigenvalue weighted by molar-refractivity contribution is 0.128. The largest absolute Gasteiger partial charge is 0.380 e. The van der Waals surface area contributed by atoms with Crippen LogP contribution in [0.5, 0.6) is 0 Å². The minimum atomic E-state index is -3.41. The summed E-state index contributed by atoms with van der Waals surface area (Å²) in [6.07, 6.45) is 0.992. The smallest absolute Gasteiger partial charge is 0.250 e. The van der Waals surface area contributed by atoms with E-state index >= 15 is 0 Å². The first-order chi connectivity index (χ1) is 9.95. The lowest BCUT2D eigenvalue weighted by Crippen LogP contribution is -2.27. The molecule has 1 aromatic heterocycles. The first kappa shape index (κ1) is 18.6. The number of hydrogen-bond acceptors (Lipinski definition) is 5. The summed E-state index contributed by atoms with van der Waals surface area (Å²) in [5, 5.41) is 5.05. The molecule has 0 atom stereocenters. The summed E-state index contributed by atoms with van der Waals surface area (Å²) >= 11 is 1.25. The fourth-order valence-corrected chi connectivity index (χ4v) is 3.86. The van der Waals surface area contributed by atoms with Crippen LogP contribution in [0.2, 0.25) is 0 Å². The van der Waals surface area contributed by atoms with Crippen molar-refractivity contribution in [1.82, 2.24) is 10.0 Å². The average molecular weight is 335 g/mol. The van der Waals surface area contributed by atoms with Gasteiger partial charge in [0, 0.05) is 19.7 Å². The molecule has 0 radical (unpaired) electrons. The molecule has 0 aliphatic rings. The van der Waals surface area contributed by atoms with E-state index in [0.717, 1.165) is 18.5 Å². The minimum absolute atomic E-state index is 0.306. The van der Waals surface area contributed by atoms with Crippen LogP contribution in [0.1, 0.15) is 32.8 Å². The van der Waals surface area contributed by atoms with Gasteiger partial charge in [-0.1, -0.05) is 20.8 Å². The molecule has 1 heterocycles. The van der Waals surface area contributed by atoms with Crippen molar-refractivity contribution in [3.05, 3.63) is 17.0 Å². The third kappa shape index (κ3) is 7.37. The third-order valence-corrected chi connectivity index (χ3v) is 5.80. The Morgan fingerprint density at radius 1 is 1.33 bits per heavy atom. The number of thiophene rings is 1. The molecule has 0 fully saturated rings. The van der Waals surface area contributed by atoms with Crippen LogP contribution in [0.25, 0.3) is 0 Å². The lowest BCUT2D eigenvalue weighted by Gasteiger charge is -2.07. The van der Waals surface area contributed by atoms with Gasteiger partial charge in [-0.05, 0) is 35.9 Å². The van der Waals surface area contributed by atoms with Crippen LogP contribution in [0, 0.1) is 5.92 Å². The Morgan fingerprint density at radius 2 is 2.10 bits per heavy atom. The summed E-state index contributed by atoms with van der Waals surface area (Å²) in [5.41, 5.74) is 0.996. The van der Waals surface area contributed by atoms with Crippen molar-refractivity contribution in [3.63, 3.8) is 0 Å². The maximum Gasteiger partial charge on any atom is 0.250 e. The Balaban J connectivity index is 2.34. The second-order valence-corrected chi connectivity index (χ2v) is 8.15. The van der Waals surface area contributed by atoms with E-state index in [1.54, 1.807) is 6.07 Å². The van der Waals surface area contributed by atoms with Crippen LogP contribution in [-0.4, -0.2) is 34.7 Å². The van der Waals surface area contributed by atoms with Gasteiger partial charge in [0.25, 0.3) is 0 Å². The van der Waals surface area contributed by atoms with Crippen molar-refractivity contribution in [2.45, 2.75) is 37.9 Å². The monoisotopic (exact) mass is 334 g/mol. The minimum Gasteiger partial charge on any atom is -0.380 e. The zero-order valence-corrected chi connectivity index (χ0v) is 14.6. The highest BCUT2D eigenvalue weighted by Crippen LogP contribution is 2.19. The predicted molar refractivity (Wildman–Crippen MR) is 87.2 cm³/mol. The van der Waals surface area contributed by atoms with Gasteiger partial charge >= 0.3 is 0 Å². The van der Waals surface area contributed by atoms with E-state index in [4.69, 9.17) is 4.74 Å². The molecule has 0 amide bonds. The summed E-state index contributed by atoms with van der Waals surface area (Å²) < 4.78 is 32.5. The van der Waals surface area contributed by atoms with E-state index in [1.807, 2.05) is 12.3 Å². The van der Waals surface area contributed by atoms with Crippen LogP contribution < -0.4 is 10.0 Å². The molecule has 0 saturated heterocycles. The van der Waals surface area contributed by atoms with Crippen molar-refractivity contribution in [2.75, 3.05) is 26.3 Å². The molecule has 0 saturated carbocycles. The second kappa shape index (κ2) is 9.53. The van der Waals surface area contributed by atoms with Gasteiger partial charge in [-0.3, -0.25) is 0 Å². The van der Waals surface area contributed by atoms with Crippen molar-refractivity contribution in [1.29, 1.82) is 0 Å². The molecule has 7 heteroatoms. The third-order valence-electron chi connectivity index (χ3n) is 2.85. The molecular formula is C14H26N2O3S2. The van der Waals surface area contributed by atoms with Gasteiger partial charge < -0.3 is 10.1 Å². The van der Waals surface area contributed by atoms with Gasteiger partial charge in [0.1, 0.15) is 4.21 Å². The summed E-state index contributed by atoms with van der Waals surface area (Å²) in [6, 6.07) is 1.72. The van der Waals surface area contributed by atoms with E-state index in [2.05, 4.69) is 23.9 Å². The Bertz CT molecular complexity index is 498. The van der Waals surface area contributed by atoms with Gasteiger partial charge in [-0.2, -0.15) is 0 Å². The normalized spacial score (nSPS) is 12.2. The van der Waals surface area contributed by atoms with Crippen LogP contribution in [-0.2, 0) is 21.3 Å². The molecular weight excluding hydrogens is 308 g/mol. The lowest BCUT2D eigenvalue weighted by atomic mass is 10.1. The van der Waals surface area contributed by atoms with E-state index < -0.39 is 10.0 Å². The second-order valence-electron chi connectivity index (χ2n) is 5.25. The molecule has 0 spiro atoms. The van der Waals surface area contributed by atoms with Gasteiger partial charge in [-0.15, -0.1) is 11.3 Å². The predicted octanol–water partition coefficient (Wildman–Crippen LogP) is 2.20. The van der Waals surface area contributed by atoms with Gasteiger partial charge in [0.05, 0.1) is 6.61 Å². The molecule has 5 nitrogen and oxygen atoms in total. The Kier molecular flexibility index (Phi) is 8.43. The number of rotatable bonds is 11. The van der Waals surface area contributed by atoms with Crippen LogP contribution in [0.15, 0.2) is 15.7 Å². The topological polar surface area (TPSA) is 67.4 Å². The van der Waals surface area contributed by atoms with Crippen molar-refractivity contribution < 1.29 is 13.2 Å². The zero-order chi connectivity index (χ0) is 15.7. The molecule has 0 bridgehead atoms. The SMILES string of the molecule is CCNCc1csc(S(=O)(=O)NCCOCCC(C)C)c1. The fraction of sp³-hybridized carbons (Fsp3) is 0.714. The van der Waals surface area contributed by atoms with E-state index in [9.17, 15) is 8.42 Å². The van der Waals surface area contributed by atoms with Crippen LogP contribution >= 0.6 is 11.3 Å². The fourth-order valence-electron chi connectivity index (χ4n) is 1.60. The molecule has 0 aliphatic heterocycles. The molecule has 0 aliphatic carbocycles. The standard InChI is InChI=1S/C14H26N2O3S2/c1-4-15-10-13-9-14(20-11-13)21(17,18)16-6-8-19-7-5-12(2)3/h9,11-12,15-16H,4-8,10H2,1-3H3.